The molecule has 1 aliphatic rings. The highest BCUT2D eigenvalue weighted by atomic mass is 16.2. The minimum atomic E-state index is 0.0518. The molecule has 0 saturated carbocycles. The fraction of sp³-hybridized carbons (Fsp3) is 0.294. The van der Waals surface area contributed by atoms with Crippen molar-refractivity contribution >= 4 is 11.7 Å². The first kappa shape index (κ1) is 16.1. The summed E-state index contributed by atoms with van der Waals surface area (Å²) in [5.41, 5.74) is 2.79. The molecule has 1 amide bonds. The second kappa shape index (κ2) is 6.87. The molecular weight excluding hydrogens is 332 g/mol. The Kier molecular flexibility index (Phi) is 4.26. The maximum atomic E-state index is 11.8. The number of carbonyl (C=O) groups is 1. The Morgan fingerprint density at radius 3 is 2.88 bits per heavy atom. The second-order valence-corrected chi connectivity index (χ2v) is 6.03. The zero-order valence-electron chi connectivity index (χ0n) is 14.3. The molecule has 0 radical (unpaired) electrons. The SMILES string of the molecule is CC(=O)N1CCc2c(nc(-c3ccncc3)nc2NCc2ncn[nH]2)C1. The van der Waals surface area contributed by atoms with E-state index >= 15 is 0 Å². The molecule has 0 spiro atoms. The smallest absolute Gasteiger partial charge is 0.219 e. The number of rotatable bonds is 4. The number of pyridine rings is 1. The third kappa shape index (κ3) is 3.23. The van der Waals surface area contributed by atoms with Crippen molar-refractivity contribution in [3.8, 4) is 11.4 Å². The Bertz CT molecular complexity index is 910. The predicted molar refractivity (Wildman–Crippen MR) is 93.8 cm³/mol. The minimum Gasteiger partial charge on any atom is -0.362 e. The van der Waals surface area contributed by atoms with Crippen LogP contribution in [0.25, 0.3) is 11.4 Å². The summed E-state index contributed by atoms with van der Waals surface area (Å²) in [4.78, 5) is 31.2. The Balaban J connectivity index is 1.71. The van der Waals surface area contributed by atoms with E-state index in [1.165, 1.54) is 6.33 Å². The van der Waals surface area contributed by atoms with E-state index in [9.17, 15) is 4.79 Å². The van der Waals surface area contributed by atoms with Gasteiger partial charge in [-0.25, -0.2) is 15.0 Å². The van der Waals surface area contributed by atoms with Crippen LogP contribution in [0.1, 0.15) is 24.0 Å². The molecule has 0 fully saturated rings. The largest absolute Gasteiger partial charge is 0.362 e. The molecule has 26 heavy (non-hydrogen) atoms. The standard InChI is InChI=1S/C17H18N8O/c1-11(26)25-7-4-13-14(9-25)22-16(12-2-5-18-6-3-12)23-17(13)19-8-15-20-10-21-24-15/h2-3,5-6,10H,4,7-9H2,1H3,(H,19,22,23)(H,20,21,24). The van der Waals surface area contributed by atoms with Gasteiger partial charge in [-0.2, -0.15) is 5.10 Å². The van der Waals surface area contributed by atoms with Crippen LogP contribution in [0.15, 0.2) is 30.9 Å². The van der Waals surface area contributed by atoms with Gasteiger partial charge in [0.2, 0.25) is 5.91 Å². The van der Waals surface area contributed by atoms with E-state index in [1.54, 1.807) is 24.2 Å². The van der Waals surface area contributed by atoms with E-state index in [0.717, 1.165) is 28.5 Å². The van der Waals surface area contributed by atoms with Gasteiger partial charge >= 0.3 is 0 Å². The van der Waals surface area contributed by atoms with E-state index in [4.69, 9.17) is 9.97 Å². The molecule has 9 heteroatoms. The molecule has 2 N–H and O–H groups in total. The van der Waals surface area contributed by atoms with Gasteiger partial charge in [0.25, 0.3) is 0 Å². The van der Waals surface area contributed by atoms with Crippen molar-refractivity contribution in [3.63, 3.8) is 0 Å². The highest BCUT2D eigenvalue weighted by Crippen LogP contribution is 2.27. The minimum absolute atomic E-state index is 0.0518. The number of aromatic nitrogens is 6. The highest BCUT2D eigenvalue weighted by molar-refractivity contribution is 5.74. The molecule has 132 valence electrons. The van der Waals surface area contributed by atoms with Crippen molar-refractivity contribution in [2.24, 2.45) is 0 Å². The van der Waals surface area contributed by atoms with Crippen molar-refractivity contribution in [2.75, 3.05) is 11.9 Å². The van der Waals surface area contributed by atoms with Crippen LogP contribution in [0.5, 0.6) is 0 Å². The fourth-order valence-corrected chi connectivity index (χ4v) is 2.96. The van der Waals surface area contributed by atoms with Crippen molar-refractivity contribution < 1.29 is 4.79 Å². The molecule has 0 atom stereocenters. The summed E-state index contributed by atoms with van der Waals surface area (Å²) < 4.78 is 0. The summed E-state index contributed by atoms with van der Waals surface area (Å²) in [5.74, 6) is 2.15. The van der Waals surface area contributed by atoms with E-state index in [2.05, 4.69) is 25.5 Å². The third-order valence-electron chi connectivity index (χ3n) is 4.34. The lowest BCUT2D eigenvalue weighted by Crippen LogP contribution is -2.35. The predicted octanol–water partition coefficient (Wildman–Crippen LogP) is 1.17. The summed E-state index contributed by atoms with van der Waals surface area (Å²) in [6.45, 7) is 3.22. The third-order valence-corrected chi connectivity index (χ3v) is 4.34. The summed E-state index contributed by atoms with van der Waals surface area (Å²) in [5, 5.41) is 10.0. The van der Waals surface area contributed by atoms with Gasteiger partial charge in [-0.3, -0.25) is 14.9 Å². The second-order valence-electron chi connectivity index (χ2n) is 6.03. The number of hydrogen-bond acceptors (Lipinski definition) is 7. The van der Waals surface area contributed by atoms with E-state index in [0.29, 0.717) is 31.9 Å². The Hall–Kier alpha value is -3.36. The number of amides is 1. The first-order chi connectivity index (χ1) is 12.7. The summed E-state index contributed by atoms with van der Waals surface area (Å²) in [6.07, 6.45) is 5.60. The van der Waals surface area contributed by atoms with Gasteiger partial charge in [0.15, 0.2) is 5.82 Å². The number of H-pyrrole nitrogens is 1. The summed E-state index contributed by atoms with van der Waals surface area (Å²) >= 11 is 0. The van der Waals surface area contributed by atoms with Gasteiger partial charge in [0, 0.05) is 37.0 Å². The lowest BCUT2D eigenvalue weighted by atomic mass is 10.0. The average molecular weight is 350 g/mol. The number of nitrogens with zero attached hydrogens (tertiary/aromatic N) is 6. The first-order valence-electron chi connectivity index (χ1n) is 8.34. The van der Waals surface area contributed by atoms with E-state index in [1.807, 2.05) is 12.1 Å². The molecule has 4 rings (SSSR count). The average Bonchev–Trinajstić information content (AvgIpc) is 3.19. The number of anilines is 1. The lowest BCUT2D eigenvalue weighted by Gasteiger charge is -2.28. The molecule has 0 saturated heterocycles. The number of nitrogens with one attached hydrogen (secondary N) is 2. The molecule has 9 nitrogen and oxygen atoms in total. The monoisotopic (exact) mass is 350 g/mol. The summed E-state index contributed by atoms with van der Waals surface area (Å²) in [7, 11) is 0. The topological polar surface area (TPSA) is 113 Å². The van der Waals surface area contributed by atoms with Crippen LogP contribution < -0.4 is 5.32 Å². The number of fused-ring (bicyclic) bond motifs is 1. The normalized spacial score (nSPS) is 13.3. The molecular formula is C17H18N8O. The van der Waals surface area contributed by atoms with Crippen LogP contribution in [0, 0.1) is 0 Å². The zero-order valence-corrected chi connectivity index (χ0v) is 14.3. The molecule has 4 heterocycles. The van der Waals surface area contributed by atoms with Gasteiger partial charge < -0.3 is 10.2 Å². The van der Waals surface area contributed by atoms with E-state index in [-0.39, 0.29) is 5.91 Å². The Morgan fingerprint density at radius 2 is 2.15 bits per heavy atom. The van der Waals surface area contributed by atoms with Crippen LogP contribution in [0.3, 0.4) is 0 Å². The van der Waals surface area contributed by atoms with Gasteiger partial charge in [0.05, 0.1) is 18.8 Å². The molecule has 0 aromatic carbocycles. The first-order valence-corrected chi connectivity index (χ1v) is 8.34. The van der Waals surface area contributed by atoms with Crippen molar-refractivity contribution in [2.45, 2.75) is 26.4 Å². The van der Waals surface area contributed by atoms with Crippen LogP contribution in [-0.4, -0.2) is 47.5 Å². The molecule has 0 bridgehead atoms. The van der Waals surface area contributed by atoms with Crippen molar-refractivity contribution in [3.05, 3.63) is 47.9 Å². The fourth-order valence-electron chi connectivity index (χ4n) is 2.96. The van der Waals surface area contributed by atoms with Gasteiger partial charge in [-0.05, 0) is 18.6 Å². The molecule has 0 unspecified atom stereocenters. The van der Waals surface area contributed by atoms with Gasteiger partial charge in [-0.15, -0.1) is 0 Å². The summed E-state index contributed by atoms with van der Waals surface area (Å²) in [6, 6.07) is 3.74. The molecule has 0 aliphatic carbocycles. The maximum absolute atomic E-state index is 11.8. The lowest BCUT2D eigenvalue weighted by molar-refractivity contribution is -0.129. The van der Waals surface area contributed by atoms with Crippen LogP contribution in [0.2, 0.25) is 0 Å². The number of aromatic amines is 1. The Morgan fingerprint density at radius 1 is 1.31 bits per heavy atom. The highest BCUT2D eigenvalue weighted by Gasteiger charge is 2.24. The number of carbonyl (C=O) groups excluding carboxylic acids is 1. The molecule has 3 aromatic rings. The van der Waals surface area contributed by atoms with Crippen molar-refractivity contribution in [1.82, 2.24) is 35.0 Å². The van der Waals surface area contributed by atoms with Gasteiger partial charge in [-0.1, -0.05) is 0 Å². The number of hydrogen-bond donors (Lipinski definition) is 2. The van der Waals surface area contributed by atoms with Crippen LogP contribution in [0.4, 0.5) is 5.82 Å². The Labute approximate surface area is 149 Å². The molecule has 3 aromatic heterocycles. The maximum Gasteiger partial charge on any atom is 0.219 e. The zero-order chi connectivity index (χ0) is 17.9. The quantitative estimate of drug-likeness (QED) is 0.726. The van der Waals surface area contributed by atoms with Crippen LogP contribution >= 0.6 is 0 Å². The van der Waals surface area contributed by atoms with E-state index < -0.39 is 0 Å². The van der Waals surface area contributed by atoms with Gasteiger partial charge in [0.1, 0.15) is 18.0 Å². The van der Waals surface area contributed by atoms with Crippen molar-refractivity contribution in [1.29, 1.82) is 0 Å². The van der Waals surface area contributed by atoms with Crippen LogP contribution in [-0.2, 0) is 24.3 Å². The molecule has 1 aliphatic heterocycles.